The first-order valence-electron chi connectivity index (χ1n) is 10.9. The number of ether oxygens (including phenoxy) is 1. The largest absolute Gasteiger partial charge is 0.497 e. The number of aryl methyl sites for hydroxylation is 1. The smallest absolute Gasteiger partial charge is 0.137 e. The Bertz CT molecular complexity index is 1300. The summed E-state index contributed by atoms with van der Waals surface area (Å²) in [6.45, 7) is 0.850. The molecule has 0 aliphatic rings. The first-order valence-corrected chi connectivity index (χ1v) is 10.9. The summed E-state index contributed by atoms with van der Waals surface area (Å²) in [4.78, 5) is 10.7. The third kappa shape index (κ3) is 4.27. The highest BCUT2D eigenvalue weighted by atomic mass is 16.5. The highest BCUT2D eigenvalue weighted by molar-refractivity contribution is 5.83. The van der Waals surface area contributed by atoms with Gasteiger partial charge < -0.3 is 19.3 Å². The van der Waals surface area contributed by atoms with Crippen molar-refractivity contribution in [2.75, 3.05) is 7.11 Å². The molecule has 5 rings (SSSR count). The van der Waals surface area contributed by atoms with Crippen LogP contribution in [0.2, 0.25) is 0 Å². The molecule has 7 nitrogen and oxygen atoms in total. The molecular weight excluding hydrogens is 400 g/mol. The third-order valence-corrected chi connectivity index (χ3v) is 5.81. The van der Waals surface area contributed by atoms with Gasteiger partial charge in [0.05, 0.1) is 13.4 Å². The number of hydrogen-bond acceptors (Lipinski definition) is 4. The summed E-state index contributed by atoms with van der Waals surface area (Å²) in [6.07, 6.45) is 9.05. The lowest BCUT2D eigenvalue weighted by Gasteiger charge is -2.11. The van der Waals surface area contributed by atoms with Crippen LogP contribution < -0.4 is 4.74 Å². The highest BCUT2D eigenvalue weighted by Gasteiger charge is 2.15. The summed E-state index contributed by atoms with van der Waals surface area (Å²) in [5.74, 6) is 2.81. The topological polar surface area (TPSA) is 84.4 Å². The zero-order valence-corrected chi connectivity index (χ0v) is 18.1. The zero-order chi connectivity index (χ0) is 21.8. The molecule has 0 saturated heterocycles. The zero-order valence-electron chi connectivity index (χ0n) is 18.1. The number of methoxy groups -OCH3 is 1. The fraction of sp³-hybridized carbons (Fsp3) is 0.240. The summed E-state index contributed by atoms with van der Waals surface area (Å²) in [5, 5.41) is 10.4. The Morgan fingerprint density at radius 3 is 2.69 bits per heavy atom. The van der Waals surface area contributed by atoms with Crippen LogP contribution in [0.4, 0.5) is 0 Å². The van der Waals surface area contributed by atoms with Crippen LogP contribution in [0.3, 0.4) is 0 Å². The van der Waals surface area contributed by atoms with Crippen LogP contribution in [-0.2, 0) is 25.8 Å². The molecule has 2 aromatic carbocycles. The van der Waals surface area contributed by atoms with Gasteiger partial charge in [0.2, 0.25) is 0 Å². The maximum Gasteiger partial charge on any atom is 0.137 e. The van der Waals surface area contributed by atoms with Crippen molar-refractivity contribution in [1.82, 2.24) is 29.7 Å². The van der Waals surface area contributed by atoms with Crippen molar-refractivity contribution in [3.8, 4) is 5.75 Å². The molecular formula is C25H26N6O. The van der Waals surface area contributed by atoms with Crippen LogP contribution >= 0.6 is 0 Å². The molecule has 0 bridgehead atoms. The van der Waals surface area contributed by atoms with Crippen molar-refractivity contribution in [3.05, 3.63) is 95.7 Å². The van der Waals surface area contributed by atoms with E-state index in [4.69, 9.17) is 4.74 Å². The van der Waals surface area contributed by atoms with Crippen molar-refractivity contribution >= 4 is 10.9 Å². The third-order valence-electron chi connectivity index (χ3n) is 5.81. The van der Waals surface area contributed by atoms with E-state index < -0.39 is 0 Å². The number of fused-ring (bicyclic) bond motifs is 1. The molecule has 162 valence electrons. The van der Waals surface area contributed by atoms with E-state index in [1.807, 2.05) is 24.4 Å². The van der Waals surface area contributed by atoms with Crippen molar-refractivity contribution in [1.29, 1.82) is 0 Å². The minimum Gasteiger partial charge on any atom is -0.497 e. The second-order valence-electron chi connectivity index (χ2n) is 7.93. The summed E-state index contributed by atoms with van der Waals surface area (Å²) in [6, 6.07) is 16.5. The van der Waals surface area contributed by atoms with Crippen LogP contribution in [0.5, 0.6) is 5.75 Å². The van der Waals surface area contributed by atoms with E-state index in [-0.39, 0.29) is 0 Å². The second kappa shape index (κ2) is 9.09. The Balaban J connectivity index is 1.42. The van der Waals surface area contributed by atoms with Crippen LogP contribution in [0.15, 0.2) is 67.3 Å². The van der Waals surface area contributed by atoms with E-state index in [1.165, 1.54) is 10.9 Å². The molecule has 0 atom stereocenters. The number of H-pyrrole nitrogens is 2. The van der Waals surface area contributed by atoms with Gasteiger partial charge >= 0.3 is 0 Å². The number of nitrogens with one attached hydrogen (secondary N) is 2. The van der Waals surface area contributed by atoms with Crippen LogP contribution in [0.1, 0.15) is 34.9 Å². The van der Waals surface area contributed by atoms with Crippen molar-refractivity contribution < 1.29 is 4.74 Å². The van der Waals surface area contributed by atoms with E-state index in [0.29, 0.717) is 6.42 Å². The number of rotatable bonds is 9. The van der Waals surface area contributed by atoms with Crippen LogP contribution in [0, 0.1) is 0 Å². The number of nitrogens with zero attached hydrogens (tertiary/aromatic N) is 4. The molecule has 0 spiro atoms. The molecule has 0 unspecified atom stereocenters. The van der Waals surface area contributed by atoms with Gasteiger partial charge in [0.15, 0.2) is 0 Å². The Morgan fingerprint density at radius 1 is 0.969 bits per heavy atom. The van der Waals surface area contributed by atoms with Gasteiger partial charge in [0.25, 0.3) is 0 Å². The van der Waals surface area contributed by atoms with Crippen molar-refractivity contribution in [2.24, 2.45) is 0 Å². The first-order chi connectivity index (χ1) is 15.8. The Morgan fingerprint density at radius 2 is 1.84 bits per heavy atom. The SMILES string of the molecule is COc1cccc(Cc2nnc(Cc3c[nH]c4ccccc34)n2CCCc2cnc[nH]2)c1. The maximum atomic E-state index is 5.39. The van der Waals surface area contributed by atoms with E-state index in [2.05, 4.69) is 66.2 Å². The summed E-state index contributed by atoms with van der Waals surface area (Å²) >= 11 is 0. The number of aromatic amines is 2. The normalized spacial score (nSPS) is 11.3. The predicted octanol–water partition coefficient (Wildman–Crippen LogP) is 4.31. The number of para-hydroxylation sites is 1. The van der Waals surface area contributed by atoms with E-state index >= 15 is 0 Å². The predicted molar refractivity (Wildman–Crippen MR) is 124 cm³/mol. The number of benzene rings is 2. The Labute approximate surface area is 186 Å². The van der Waals surface area contributed by atoms with Gasteiger partial charge in [0.1, 0.15) is 17.4 Å². The maximum absolute atomic E-state index is 5.39. The van der Waals surface area contributed by atoms with Gasteiger partial charge in [-0.25, -0.2) is 4.98 Å². The van der Waals surface area contributed by atoms with E-state index in [0.717, 1.165) is 60.0 Å². The molecule has 0 amide bonds. The average molecular weight is 427 g/mol. The van der Waals surface area contributed by atoms with Gasteiger partial charge in [-0.3, -0.25) is 0 Å². The minimum absolute atomic E-state index is 0.710. The average Bonchev–Trinajstić information content (AvgIpc) is 3.57. The molecule has 0 fully saturated rings. The molecule has 2 N–H and O–H groups in total. The van der Waals surface area contributed by atoms with Gasteiger partial charge in [-0.2, -0.15) is 0 Å². The lowest BCUT2D eigenvalue weighted by molar-refractivity contribution is 0.414. The number of hydrogen-bond donors (Lipinski definition) is 2. The van der Waals surface area contributed by atoms with Gasteiger partial charge in [0, 0.05) is 48.4 Å². The summed E-state index contributed by atoms with van der Waals surface area (Å²) in [5.41, 5.74) is 4.68. The Kier molecular flexibility index (Phi) is 5.70. The molecule has 5 aromatic rings. The second-order valence-corrected chi connectivity index (χ2v) is 7.93. The quantitative estimate of drug-likeness (QED) is 0.368. The van der Waals surface area contributed by atoms with Crippen molar-refractivity contribution in [3.63, 3.8) is 0 Å². The fourth-order valence-corrected chi connectivity index (χ4v) is 4.15. The Hall–Kier alpha value is -3.87. The lowest BCUT2D eigenvalue weighted by atomic mass is 10.1. The molecule has 3 heterocycles. The van der Waals surface area contributed by atoms with Gasteiger partial charge in [-0.1, -0.05) is 30.3 Å². The monoisotopic (exact) mass is 426 g/mol. The van der Waals surface area contributed by atoms with E-state index in [1.54, 1.807) is 13.4 Å². The van der Waals surface area contributed by atoms with E-state index in [9.17, 15) is 0 Å². The highest BCUT2D eigenvalue weighted by Crippen LogP contribution is 2.22. The molecule has 3 aromatic heterocycles. The van der Waals surface area contributed by atoms with Crippen LogP contribution in [0.25, 0.3) is 10.9 Å². The fourth-order valence-electron chi connectivity index (χ4n) is 4.15. The number of imidazole rings is 1. The van der Waals surface area contributed by atoms with Crippen LogP contribution in [-0.4, -0.2) is 36.8 Å². The standard InChI is InChI=1S/C25H26N6O/c1-32-21-8-4-6-18(12-21)13-24-29-30-25(31(24)11-5-7-20-16-26-17-28-20)14-19-15-27-23-10-3-2-9-22(19)23/h2-4,6,8-10,12,15-17,27H,5,7,11,13-14H2,1H3,(H,26,28). The summed E-state index contributed by atoms with van der Waals surface area (Å²) < 4.78 is 7.66. The minimum atomic E-state index is 0.710. The van der Waals surface area contributed by atoms with Crippen molar-refractivity contribution in [2.45, 2.75) is 32.2 Å². The van der Waals surface area contributed by atoms with Gasteiger partial charge in [-0.05, 0) is 42.2 Å². The first kappa shape index (κ1) is 20.1. The molecule has 7 heteroatoms. The summed E-state index contributed by atoms with van der Waals surface area (Å²) in [7, 11) is 1.69. The molecule has 0 aliphatic heterocycles. The number of aromatic nitrogens is 6. The molecule has 0 saturated carbocycles. The molecule has 0 aliphatic carbocycles. The molecule has 32 heavy (non-hydrogen) atoms. The van der Waals surface area contributed by atoms with Gasteiger partial charge in [-0.15, -0.1) is 10.2 Å². The molecule has 0 radical (unpaired) electrons. The lowest BCUT2D eigenvalue weighted by Crippen LogP contribution is -2.10.